The van der Waals surface area contributed by atoms with Gasteiger partial charge >= 0.3 is 0 Å². The van der Waals surface area contributed by atoms with Gasteiger partial charge in [0.15, 0.2) is 11.7 Å². The van der Waals surface area contributed by atoms with Crippen LogP contribution in [0.2, 0.25) is 0 Å². The maximum Gasteiger partial charge on any atom is 0.289 e. The molecule has 4 heterocycles. The molecule has 9 heteroatoms. The summed E-state index contributed by atoms with van der Waals surface area (Å²) in [5.74, 6) is 3.86. The molecule has 0 aromatic carbocycles. The van der Waals surface area contributed by atoms with Crippen molar-refractivity contribution in [3.8, 4) is 0 Å². The average Bonchev–Trinajstić information content (AvgIpc) is 3.39. The quantitative estimate of drug-likeness (QED) is 0.620. The van der Waals surface area contributed by atoms with Gasteiger partial charge in [-0.3, -0.25) is 9.79 Å². The first kappa shape index (κ1) is 18.5. The van der Waals surface area contributed by atoms with Gasteiger partial charge in [-0.05, 0) is 31.4 Å². The predicted octanol–water partition coefficient (Wildman–Crippen LogP) is 0.775. The molecule has 28 heavy (non-hydrogen) atoms. The minimum Gasteiger partial charge on any atom is -0.459 e. The summed E-state index contributed by atoms with van der Waals surface area (Å²) in [6.07, 6.45) is 3.61. The van der Waals surface area contributed by atoms with E-state index in [0.29, 0.717) is 24.8 Å². The van der Waals surface area contributed by atoms with Crippen molar-refractivity contribution >= 4 is 11.9 Å². The lowest BCUT2D eigenvalue weighted by Gasteiger charge is -2.36. The van der Waals surface area contributed by atoms with E-state index in [-0.39, 0.29) is 5.91 Å². The van der Waals surface area contributed by atoms with Crippen molar-refractivity contribution in [1.82, 2.24) is 29.9 Å². The Kier molecular flexibility index (Phi) is 5.31. The van der Waals surface area contributed by atoms with Crippen LogP contribution in [-0.4, -0.2) is 76.2 Å². The highest BCUT2D eigenvalue weighted by Crippen LogP contribution is 2.19. The summed E-state index contributed by atoms with van der Waals surface area (Å²) in [6, 6.07) is 3.45. The van der Waals surface area contributed by atoms with Crippen LogP contribution in [0.4, 0.5) is 0 Å². The zero-order chi connectivity index (χ0) is 19.5. The largest absolute Gasteiger partial charge is 0.459 e. The number of aromatic nitrogens is 3. The summed E-state index contributed by atoms with van der Waals surface area (Å²) >= 11 is 0. The molecule has 150 valence electrons. The molecular formula is C19H27N7O2. The number of nitrogens with zero attached hydrogens (tertiary/aromatic N) is 6. The molecule has 1 saturated heterocycles. The molecule has 2 aliphatic heterocycles. The molecule has 1 atom stereocenters. The molecule has 0 saturated carbocycles. The Morgan fingerprint density at radius 2 is 2.07 bits per heavy atom. The molecule has 0 radical (unpaired) electrons. The minimum absolute atomic E-state index is 0.0464. The van der Waals surface area contributed by atoms with E-state index in [1.165, 1.54) is 6.26 Å². The number of hydrogen-bond acceptors (Lipinski definition) is 5. The van der Waals surface area contributed by atoms with E-state index < -0.39 is 0 Å². The van der Waals surface area contributed by atoms with Crippen LogP contribution in [0.1, 0.15) is 28.6 Å². The number of amides is 1. The molecule has 2 aromatic heterocycles. The van der Waals surface area contributed by atoms with Gasteiger partial charge in [0.05, 0.1) is 6.26 Å². The van der Waals surface area contributed by atoms with Crippen LogP contribution < -0.4 is 5.32 Å². The molecule has 0 aliphatic carbocycles. The van der Waals surface area contributed by atoms with E-state index in [9.17, 15) is 4.79 Å². The summed E-state index contributed by atoms with van der Waals surface area (Å²) in [5, 5.41) is 11.9. The van der Waals surface area contributed by atoms with E-state index >= 15 is 0 Å². The van der Waals surface area contributed by atoms with Gasteiger partial charge in [0.25, 0.3) is 5.91 Å². The van der Waals surface area contributed by atoms with Crippen molar-refractivity contribution < 1.29 is 9.21 Å². The predicted molar refractivity (Wildman–Crippen MR) is 104 cm³/mol. The van der Waals surface area contributed by atoms with E-state index in [4.69, 9.17) is 4.42 Å². The third-order valence-electron chi connectivity index (χ3n) is 5.59. The molecule has 0 spiro atoms. The number of aliphatic imine (C=N–C) groups is 1. The fraction of sp³-hybridized carbons (Fsp3) is 0.579. The maximum absolute atomic E-state index is 12.4. The number of carbonyl (C=O) groups excluding carboxylic acids is 1. The van der Waals surface area contributed by atoms with Crippen LogP contribution in [0.15, 0.2) is 27.8 Å². The molecule has 4 rings (SSSR count). The maximum atomic E-state index is 12.4. The van der Waals surface area contributed by atoms with Crippen molar-refractivity contribution in [3.05, 3.63) is 35.8 Å². The molecule has 2 aliphatic rings. The first-order valence-electron chi connectivity index (χ1n) is 9.82. The fourth-order valence-corrected chi connectivity index (χ4v) is 3.94. The number of aryl methyl sites for hydroxylation is 2. The minimum atomic E-state index is -0.0464. The lowest BCUT2D eigenvalue weighted by atomic mass is 9.99. The molecule has 1 unspecified atom stereocenters. The lowest BCUT2D eigenvalue weighted by Crippen LogP contribution is -2.54. The van der Waals surface area contributed by atoms with Crippen LogP contribution in [0, 0.1) is 12.8 Å². The average molecular weight is 385 g/mol. The van der Waals surface area contributed by atoms with Gasteiger partial charge in [-0.25, -0.2) is 0 Å². The SMILES string of the molecule is CN=C(NCC1CCc2nnc(C)n2C1)N1CCN(C(=O)c2ccco2)CC1. The Morgan fingerprint density at radius 3 is 2.79 bits per heavy atom. The number of guanidine groups is 1. The fourth-order valence-electron chi connectivity index (χ4n) is 3.94. The summed E-state index contributed by atoms with van der Waals surface area (Å²) in [4.78, 5) is 20.9. The van der Waals surface area contributed by atoms with Gasteiger partial charge in [0, 0.05) is 52.7 Å². The Morgan fingerprint density at radius 1 is 1.29 bits per heavy atom. The monoisotopic (exact) mass is 385 g/mol. The number of nitrogens with one attached hydrogen (secondary N) is 1. The Hall–Kier alpha value is -2.84. The zero-order valence-electron chi connectivity index (χ0n) is 16.5. The molecule has 9 nitrogen and oxygen atoms in total. The van der Waals surface area contributed by atoms with Gasteiger partial charge in [0.2, 0.25) is 0 Å². The van der Waals surface area contributed by atoms with Crippen molar-refractivity contribution in [3.63, 3.8) is 0 Å². The molecule has 1 amide bonds. The van der Waals surface area contributed by atoms with Gasteiger partial charge in [-0.1, -0.05) is 0 Å². The molecule has 2 aromatic rings. The van der Waals surface area contributed by atoms with Crippen LogP contribution in [-0.2, 0) is 13.0 Å². The van der Waals surface area contributed by atoms with Crippen molar-refractivity contribution in [2.75, 3.05) is 39.8 Å². The standard InChI is InChI=1S/C19H27N7O2/c1-14-22-23-17-6-5-15(13-26(14)17)12-21-19(20-2)25-9-7-24(8-10-25)18(27)16-4-3-11-28-16/h3-4,11,15H,5-10,12-13H2,1-2H3,(H,20,21). The second kappa shape index (κ2) is 8.04. The number of rotatable bonds is 3. The van der Waals surface area contributed by atoms with E-state index in [0.717, 1.165) is 56.6 Å². The highest BCUT2D eigenvalue weighted by atomic mass is 16.3. The number of hydrogen-bond donors (Lipinski definition) is 1. The van der Waals surface area contributed by atoms with Gasteiger partial charge < -0.3 is 24.1 Å². The van der Waals surface area contributed by atoms with Gasteiger partial charge in [-0.2, -0.15) is 0 Å². The van der Waals surface area contributed by atoms with Gasteiger partial charge in [-0.15, -0.1) is 10.2 Å². The summed E-state index contributed by atoms with van der Waals surface area (Å²) in [7, 11) is 1.81. The Labute approximate surface area is 164 Å². The smallest absolute Gasteiger partial charge is 0.289 e. The van der Waals surface area contributed by atoms with Crippen molar-refractivity contribution in [2.45, 2.75) is 26.3 Å². The highest BCUT2D eigenvalue weighted by molar-refractivity contribution is 5.91. The molecule has 1 N–H and O–H groups in total. The highest BCUT2D eigenvalue weighted by Gasteiger charge is 2.26. The van der Waals surface area contributed by atoms with Crippen LogP contribution >= 0.6 is 0 Å². The van der Waals surface area contributed by atoms with Crippen LogP contribution in [0.5, 0.6) is 0 Å². The molecule has 0 bridgehead atoms. The second-order valence-electron chi connectivity index (χ2n) is 7.36. The molecule has 1 fully saturated rings. The summed E-state index contributed by atoms with van der Waals surface area (Å²) in [5.41, 5.74) is 0. The topological polar surface area (TPSA) is 91.8 Å². The molecular weight excluding hydrogens is 358 g/mol. The first-order chi connectivity index (χ1) is 13.7. The third kappa shape index (κ3) is 3.74. The van der Waals surface area contributed by atoms with E-state index in [2.05, 4.69) is 30.0 Å². The Balaban J connectivity index is 1.27. The van der Waals surface area contributed by atoms with Crippen molar-refractivity contribution in [1.29, 1.82) is 0 Å². The second-order valence-corrected chi connectivity index (χ2v) is 7.36. The first-order valence-corrected chi connectivity index (χ1v) is 9.82. The number of fused-ring (bicyclic) bond motifs is 1. The van der Waals surface area contributed by atoms with E-state index in [1.807, 2.05) is 18.9 Å². The number of piperazine rings is 1. The zero-order valence-corrected chi connectivity index (χ0v) is 16.5. The number of furan rings is 1. The third-order valence-corrected chi connectivity index (χ3v) is 5.59. The van der Waals surface area contributed by atoms with E-state index in [1.54, 1.807) is 12.1 Å². The van der Waals surface area contributed by atoms with Crippen LogP contribution in [0.3, 0.4) is 0 Å². The normalized spacial score (nSPS) is 20.2. The van der Waals surface area contributed by atoms with Gasteiger partial charge in [0.1, 0.15) is 11.6 Å². The summed E-state index contributed by atoms with van der Waals surface area (Å²) in [6.45, 7) is 6.66. The lowest BCUT2D eigenvalue weighted by molar-refractivity contribution is 0.0657. The van der Waals surface area contributed by atoms with Crippen molar-refractivity contribution in [2.24, 2.45) is 10.9 Å². The van der Waals surface area contributed by atoms with Crippen LogP contribution in [0.25, 0.3) is 0 Å². The Bertz CT molecular complexity index is 835. The number of carbonyl (C=O) groups is 1. The summed E-state index contributed by atoms with van der Waals surface area (Å²) < 4.78 is 7.45.